The van der Waals surface area contributed by atoms with Crippen molar-refractivity contribution in [1.29, 1.82) is 0 Å². The van der Waals surface area contributed by atoms with Crippen LogP contribution in [0.3, 0.4) is 0 Å². The van der Waals surface area contributed by atoms with Crippen molar-refractivity contribution >= 4 is 14.9 Å². The largest absolute Gasteiger partial charge is 0.417 e. The van der Waals surface area contributed by atoms with E-state index in [-0.39, 0.29) is 28.9 Å². The number of likely N-dealkylation sites (tertiary alicyclic amines) is 1. The van der Waals surface area contributed by atoms with E-state index >= 15 is 0 Å². The third-order valence-corrected chi connectivity index (χ3v) is 6.09. The third-order valence-electron chi connectivity index (χ3n) is 5.25. The van der Waals surface area contributed by atoms with Crippen molar-refractivity contribution in [2.75, 3.05) is 6.54 Å². The Morgan fingerprint density at radius 1 is 1.42 bits per heavy atom. The van der Waals surface area contributed by atoms with Crippen LogP contribution in [0.25, 0.3) is 0 Å². The summed E-state index contributed by atoms with van der Waals surface area (Å²) in [6, 6.07) is 0. The number of hydrogen-bond acceptors (Lipinski definition) is 3. The minimum Gasteiger partial charge on any atom is -0.417 e. The first-order valence-electron chi connectivity index (χ1n) is 9.12. The molecule has 0 aromatic rings. The second kappa shape index (κ2) is 7.14. The molecule has 1 N–H and O–H groups in total. The summed E-state index contributed by atoms with van der Waals surface area (Å²) in [6.07, 6.45) is 8.84. The molecule has 2 rings (SSSR count). The van der Waals surface area contributed by atoms with Crippen LogP contribution in [0.1, 0.15) is 40.5 Å². The van der Waals surface area contributed by atoms with Crippen molar-refractivity contribution in [3.63, 3.8) is 0 Å². The minimum absolute atomic E-state index is 0.106. The van der Waals surface area contributed by atoms with E-state index in [0.717, 1.165) is 12.8 Å². The Balaban J connectivity index is 2.30. The molecule has 1 unspecified atom stereocenters. The van der Waals surface area contributed by atoms with Gasteiger partial charge in [-0.15, -0.1) is 0 Å². The lowest BCUT2D eigenvalue weighted by atomic mass is 9.80. The molecule has 4 atom stereocenters. The van der Waals surface area contributed by atoms with E-state index in [4.69, 9.17) is 4.43 Å². The molecule has 4 nitrogen and oxygen atoms in total. The van der Waals surface area contributed by atoms with Crippen molar-refractivity contribution in [2.24, 2.45) is 11.3 Å². The quantitative estimate of drug-likeness (QED) is 0.775. The molecule has 0 radical (unpaired) electrons. The average Bonchev–Trinajstić information content (AvgIpc) is 2.81. The summed E-state index contributed by atoms with van der Waals surface area (Å²) >= 11 is 0. The Bertz CT molecular complexity index is 523. The van der Waals surface area contributed by atoms with Gasteiger partial charge in [-0.05, 0) is 31.4 Å². The van der Waals surface area contributed by atoms with Crippen LogP contribution in [0, 0.1) is 11.3 Å². The molecule has 0 spiro atoms. The van der Waals surface area contributed by atoms with Crippen molar-refractivity contribution < 1.29 is 14.3 Å². The SMILES string of the molecule is CC[C@@]1(N2C[C@H](C(O[SiH](C)C)C(C)(C)C)[C@H](O)C2=O)C=CC=CC1. The Kier molecular flexibility index (Phi) is 5.78. The second-order valence-corrected chi connectivity index (χ2v) is 10.8. The summed E-state index contributed by atoms with van der Waals surface area (Å²) in [5, 5.41) is 10.7. The molecule has 0 saturated carbocycles. The van der Waals surface area contributed by atoms with E-state index in [1.165, 1.54) is 0 Å². The Morgan fingerprint density at radius 2 is 2.08 bits per heavy atom. The molecule has 1 saturated heterocycles. The molecule has 136 valence electrons. The summed E-state index contributed by atoms with van der Waals surface area (Å²) in [4.78, 5) is 14.8. The highest BCUT2D eigenvalue weighted by Gasteiger charge is 2.52. The minimum atomic E-state index is -1.28. The van der Waals surface area contributed by atoms with Gasteiger partial charge >= 0.3 is 0 Å². The van der Waals surface area contributed by atoms with Gasteiger partial charge in [0.05, 0.1) is 11.6 Å². The lowest BCUT2D eigenvalue weighted by Gasteiger charge is -2.41. The highest BCUT2D eigenvalue weighted by atomic mass is 28.3. The number of aliphatic hydroxyl groups excluding tert-OH is 1. The fourth-order valence-corrected chi connectivity index (χ4v) is 5.15. The maximum absolute atomic E-state index is 12.9. The molecule has 2 aliphatic rings. The van der Waals surface area contributed by atoms with Gasteiger partial charge in [0, 0.05) is 12.5 Å². The lowest BCUT2D eigenvalue weighted by molar-refractivity contribution is -0.139. The number of carbonyl (C=O) groups excluding carboxylic acids is 1. The molecule has 1 fully saturated rings. The van der Waals surface area contributed by atoms with Crippen molar-refractivity contribution in [3.05, 3.63) is 24.3 Å². The summed E-state index contributed by atoms with van der Waals surface area (Å²) in [6.45, 7) is 13.3. The van der Waals surface area contributed by atoms with E-state index < -0.39 is 15.1 Å². The van der Waals surface area contributed by atoms with Crippen molar-refractivity contribution in [2.45, 2.75) is 71.4 Å². The van der Waals surface area contributed by atoms with E-state index in [2.05, 4.69) is 52.9 Å². The van der Waals surface area contributed by atoms with Gasteiger partial charge in [0.15, 0.2) is 9.04 Å². The van der Waals surface area contributed by atoms with Gasteiger partial charge < -0.3 is 14.4 Å². The molecular formula is C19H33NO3Si. The standard InChI is InChI=1S/C19H33NO3Si/c1-7-19(11-9-8-10-12-19)20-13-14(15(21)17(20)22)16(18(2,3)4)23-24(5)6/h8-11,14-16,21,24H,7,12-13H2,1-6H3/t14-,15-,16?,19+/m0/s1. The van der Waals surface area contributed by atoms with Crippen molar-refractivity contribution in [1.82, 2.24) is 4.90 Å². The zero-order valence-corrected chi connectivity index (χ0v) is 17.1. The van der Waals surface area contributed by atoms with Crippen LogP contribution in [-0.4, -0.2) is 49.2 Å². The lowest BCUT2D eigenvalue weighted by Crippen LogP contribution is -2.49. The summed E-state index contributed by atoms with van der Waals surface area (Å²) in [7, 11) is -1.28. The topological polar surface area (TPSA) is 49.8 Å². The predicted molar refractivity (Wildman–Crippen MR) is 100 cm³/mol. The van der Waals surface area contributed by atoms with Crippen LogP contribution < -0.4 is 0 Å². The maximum Gasteiger partial charge on any atom is 0.252 e. The van der Waals surface area contributed by atoms with Crippen LogP contribution >= 0.6 is 0 Å². The first-order chi connectivity index (χ1) is 11.1. The Labute approximate surface area is 148 Å². The molecule has 5 heteroatoms. The van der Waals surface area contributed by atoms with E-state index in [0.29, 0.717) is 6.54 Å². The van der Waals surface area contributed by atoms with Crippen LogP contribution in [0.5, 0.6) is 0 Å². The van der Waals surface area contributed by atoms with Crippen molar-refractivity contribution in [3.8, 4) is 0 Å². The fraction of sp³-hybridized carbons (Fsp3) is 0.737. The van der Waals surface area contributed by atoms with E-state index in [9.17, 15) is 9.90 Å². The molecule has 1 amide bonds. The monoisotopic (exact) mass is 351 g/mol. The first-order valence-corrected chi connectivity index (χ1v) is 11.9. The van der Waals surface area contributed by atoms with Gasteiger partial charge in [0.1, 0.15) is 6.10 Å². The van der Waals surface area contributed by atoms with E-state index in [1.54, 1.807) is 0 Å². The normalized spacial score (nSPS) is 32.0. The zero-order chi connectivity index (χ0) is 18.1. The summed E-state index contributed by atoms with van der Waals surface area (Å²) in [5.74, 6) is -0.319. The number of carbonyl (C=O) groups is 1. The Morgan fingerprint density at radius 3 is 2.54 bits per heavy atom. The zero-order valence-electron chi connectivity index (χ0n) is 16.0. The van der Waals surface area contributed by atoms with Gasteiger partial charge in [0.2, 0.25) is 0 Å². The fourth-order valence-electron chi connectivity index (χ4n) is 3.95. The number of nitrogens with zero attached hydrogens (tertiary/aromatic N) is 1. The van der Waals surface area contributed by atoms with Crippen LogP contribution in [0.4, 0.5) is 0 Å². The molecule has 0 aromatic carbocycles. The van der Waals surface area contributed by atoms with Gasteiger partial charge in [-0.2, -0.15) is 0 Å². The van der Waals surface area contributed by atoms with Gasteiger partial charge in [-0.25, -0.2) is 0 Å². The van der Waals surface area contributed by atoms with Crippen LogP contribution in [0.15, 0.2) is 24.3 Å². The Hall–Kier alpha value is -0.913. The molecule has 1 aliphatic carbocycles. The average molecular weight is 352 g/mol. The number of hydrogen-bond donors (Lipinski definition) is 1. The van der Waals surface area contributed by atoms with Gasteiger partial charge in [-0.1, -0.05) is 52.0 Å². The summed E-state index contributed by atoms with van der Waals surface area (Å²) < 4.78 is 6.29. The summed E-state index contributed by atoms with van der Waals surface area (Å²) in [5.41, 5.74) is -0.417. The number of aliphatic hydroxyl groups is 1. The predicted octanol–water partition coefficient (Wildman–Crippen LogP) is 2.89. The highest BCUT2D eigenvalue weighted by Crippen LogP contribution is 2.40. The molecule has 24 heavy (non-hydrogen) atoms. The smallest absolute Gasteiger partial charge is 0.252 e. The first kappa shape index (κ1) is 19.4. The maximum atomic E-state index is 12.9. The molecule has 0 aromatic heterocycles. The number of allylic oxidation sites excluding steroid dienone is 2. The number of amides is 1. The third kappa shape index (κ3) is 3.68. The second-order valence-electron chi connectivity index (χ2n) is 8.48. The van der Waals surface area contributed by atoms with Crippen LogP contribution in [0.2, 0.25) is 13.1 Å². The highest BCUT2D eigenvalue weighted by molar-refractivity contribution is 6.48. The number of rotatable bonds is 5. The van der Waals surface area contributed by atoms with Gasteiger partial charge in [-0.3, -0.25) is 4.79 Å². The van der Waals surface area contributed by atoms with Crippen LogP contribution in [-0.2, 0) is 9.22 Å². The van der Waals surface area contributed by atoms with Gasteiger partial charge in [0.25, 0.3) is 5.91 Å². The molecular weight excluding hydrogens is 318 g/mol. The molecule has 0 bridgehead atoms. The molecule has 1 aliphatic heterocycles. The molecule has 1 heterocycles. The van der Waals surface area contributed by atoms with E-state index in [1.807, 2.05) is 17.1 Å².